The molecule has 2 rings (SSSR count). The third-order valence-corrected chi connectivity index (χ3v) is 4.39. The summed E-state index contributed by atoms with van der Waals surface area (Å²) in [5.41, 5.74) is 5.85. The van der Waals surface area contributed by atoms with Crippen molar-refractivity contribution in [2.24, 2.45) is 5.73 Å². The quantitative estimate of drug-likeness (QED) is 0.795. The van der Waals surface area contributed by atoms with E-state index in [9.17, 15) is 14.4 Å². The highest BCUT2D eigenvalue weighted by Gasteiger charge is 2.39. The topological polar surface area (TPSA) is 92.5 Å². The van der Waals surface area contributed by atoms with E-state index in [4.69, 9.17) is 5.73 Å². The second-order valence-corrected chi connectivity index (χ2v) is 5.62. The number of carbonyl (C=O) groups excluding carboxylic acids is 3. The van der Waals surface area contributed by atoms with Crippen LogP contribution in [0.4, 0.5) is 0 Å². The lowest BCUT2D eigenvalue weighted by Crippen LogP contribution is -2.60. The Labute approximate surface area is 129 Å². The molecule has 0 bridgehead atoms. The van der Waals surface area contributed by atoms with Crippen molar-refractivity contribution in [1.82, 2.24) is 10.2 Å². The smallest absolute Gasteiger partial charge is 0.253 e. The van der Waals surface area contributed by atoms with Crippen molar-refractivity contribution in [2.45, 2.75) is 25.3 Å². The van der Waals surface area contributed by atoms with Gasteiger partial charge in [0.15, 0.2) is 5.78 Å². The summed E-state index contributed by atoms with van der Waals surface area (Å²) in [6, 6.07) is 6.63. The average molecular weight is 303 g/mol. The fourth-order valence-electron chi connectivity index (χ4n) is 2.74. The molecule has 1 saturated heterocycles. The minimum Gasteiger partial charge on any atom is -0.368 e. The molecule has 0 aliphatic carbocycles. The van der Waals surface area contributed by atoms with E-state index < -0.39 is 5.54 Å². The van der Waals surface area contributed by atoms with Crippen molar-refractivity contribution >= 4 is 17.6 Å². The number of rotatable bonds is 4. The number of nitrogens with zero attached hydrogens (tertiary/aromatic N) is 1. The van der Waals surface area contributed by atoms with E-state index in [1.165, 1.54) is 6.92 Å². The molecular weight excluding hydrogens is 282 g/mol. The monoisotopic (exact) mass is 303 g/mol. The lowest BCUT2D eigenvalue weighted by molar-refractivity contribution is -0.125. The second kappa shape index (κ2) is 6.27. The molecule has 0 atom stereocenters. The molecule has 1 aliphatic heterocycles. The maximum absolute atomic E-state index is 12.5. The molecule has 1 aliphatic rings. The van der Waals surface area contributed by atoms with Crippen LogP contribution in [-0.4, -0.2) is 48.2 Å². The number of hydrogen-bond donors (Lipinski definition) is 2. The van der Waals surface area contributed by atoms with Crippen molar-refractivity contribution < 1.29 is 14.4 Å². The Morgan fingerprint density at radius 1 is 1.09 bits per heavy atom. The van der Waals surface area contributed by atoms with Gasteiger partial charge in [-0.3, -0.25) is 14.4 Å². The summed E-state index contributed by atoms with van der Waals surface area (Å²) < 4.78 is 0. The number of ketones is 1. The third-order valence-electron chi connectivity index (χ3n) is 4.39. The predicted molar refractivity (Wildman–Crippen MR) is 82.6 cm³/mol. The molecule has 22 heavy (non-hydrogen) atoms. The van der Waals surface area contributed by atoms with Crippen LogP contribution in [0.2, 0.25) is 0 Å². The van der Waals surface area contributed by atoms with Crippen molar-refractivity contribution in [2.75, 3.05) is 20.1 Å². The van der Waals surface area contributed by atoms with E-state index in [1.54, 1.807) is 36.2 Å². The van der Waals surface area contributed by atoms with Gasteiger partial charge in [-0.25, -0.2) is 0 Å². The zero-order chi connectivity index (χ0) is 16.3. The molecule has 6 nitrogen and oxygen atoms in total. The van der Waals surface area contributed by atoms with Crippen LogP contribution in [0.3, 0.4) is 0 Å². The highest BCUT2D eigenvalue weighted by Crippen LogP contribution is 2.23. The maximum Gasteiger partial charge on any atom is 0.253 e. The largest absolute Gasteiger partial charge is 0.368 e. The van der Waals surface area contributed by atoms with E-state index in [0.717, 1.165) is 0 Å². The molecule has 1 aromatic carbocycles. The van der Waals surface area contributed by atoms with E-state index >= 15 is 0 Å². The number of primary amides is 1. The molecule has 0 spiro atoms. The number of piperidine rings is 1. The van der Waals surface area contributed by atoms with Gasteiger partial charge in [-0.05, 0) is 38.9 Å². The van der Waals surface area contributed by atoms with Crippen molar-refractivity contribution in [3.05, 3.63) is 35.4 Å². The minimum absolute atomic E-state index is 0.0303. The lowest BCUT2D eigenvalue weighted by atomic mass is 9.86. The Balaban J connectivity index is 2.06. The number of Topliss-reactive ketones (excluding diaryl/α,β-unsaturated/α-hetero) is 1. The molecule has 0 saturated carbocycles. The molecule has 6 heteroatoms. The Hall–Kier alpha value is -2.21. The van der Waals surface area contributed by atoms with Crippen LogP contribution in [0, 0.1) is 0 Å². The van der Waals surface area contributed by atoms with Gasteiger partial charge in [0.25, 0.3) is 5.91 Å². The highest BCUT2D eigenvalue weighted by atomic mass is 16.2. The number of likely N-dealkylation sites (N-methyl/N-ethyl adjacent to an activating group) is 1. The van der Waals surface area contributed by atoms with Crippen LogP contribution < -0.4 is 11.1 Å². The minimum atomic E-state index is -0.727. The number of amides is 2. The van der Waals surface area contributed by atoms with Crippen LogP contribution in [-0.2, 0) is 4.79 Å². The fraction of sp³-hybridized carbons (Fsp3) is 0.438. The number of hydrogen-bond acceptors (Lipinski definition) is 4. The molecule has 2 amide bonds. The Kier molecular flexibility index (Phi) is 4.61. The zero-order valence-corrected chi connectivity index (χ0v) is 12.9. The van der Waals surface area contributed by atoms with Gasteiger partial charge in [-0.1, -0.05) is 12.1 Å². The first-order valence-corrected chi connectivity index (χ1v) is 7.29. The summed E-state index contributed by atoms with van der Waals surface area (Å²) >= 11 is 0. The van der Waals surface area contributed by atoms with Crippen molar-refractivity contribution in [1.29, 1.82) is 0 Å². The van der Waals surface area contributed by atoms with E-state index in [-0.39, 0.29) is 17.6 Å². The zero-order valence-electron chi connectivity index (χ0n) is 12.9. The van der Waals surface area contributed by atoms with Crippen LogP contribution in [0.1, 0.15) is 40.5 Å². The van der Waals surface area contributed by atoms with Crippen LogP contribution in [0.15, 0.2) is 24.3 Å². The molecule has 0 radical (unpaired) electrons. The molecule has 1 fully saturated rings. The normalized spacial score (nSPS) is 17.1. The van der Waals surface area contributed by atoms with Gasteiger partial charge in [0.05, 0.1) is 0 Å². The van der Waals surface area contributed by atoms with Gasteiger partial charge in [0, 0.05) is 24.2 Å². The first-order valence-electron chi connectivity index (χ1n) is 7.29. The van der Waals surface area contributed by atoms with E-state index in [1.807, 2.05) is 0 Å². The molecule has 118 valence electrons. The lowest BCUT2D eigenvalue weighted by Gasteiger charge is -2.39. The van der Waals surface area contributed by atoms with Gasteiger partial charge in [0.1, 0.15) is 5.54 Å². The van der Waals surface area contributed by atoms with Crippen molar-refractivity contribution in [3.63, 3.8) is 0 Å². The molecule has 0 aromatic heterocycles. The first-order chi connectivity index (χ1) is 10.4. The maximum atomic E-state index is 12.5. The van der Waals surface area contributed by atoms with E-state index in [2.05, 4.69) is 5.32 Å². The first kappa shape index (κ1) is 16.2. The van der Waals surface area contributed by atoms with Gasteiger partial charge in [-0.15, -0.1) is 0 Å². The van der Waals surface area contributed by atoms with Crippen LogP contribution in [0.25, 0.3) is 0 Å². The molecule has 3 N–H and O–H groups in total. The van der Waals surface area contributed by atoms with Crippen LogP contribution >= 0.6 is 0 Å². The second-order valence-electron chi connectivity index (χ2n) is 5.62. The third kappa shape index (κ3) is 3.01. The van der Waals surface area contributed by atoms with Gasteiger partial charge >= 0.3 is 0 Å². The van der Waals surface area contributed by atoms with Crippen molar-refractivity contribution in [3.8, 4) is 0 Å². The summed E-state index contributed by atoms with van der Waals surface area (Å²) in [6.45, 7) is 2.43. The highest BCUT2D eigenvalue weighted by molar-refractivity contribution is 5.98. The fourth-order valence-corrected chi connectivity index (χ4v) is 2.74. The number of benzene rings is 1. The Morgan fingerprint density at radius 2 is 1.59 bits per heavy atom. The molecular formula is C16H21N3O3. The molecule has 0 unspecified atom stereocenters. The average Bonchev–Trinajstić information content (AvgIpc) is 2.54. The van der Waals surface area contributed by atoms with E-state index in [0.29, 0.717) is 37.1 Å². The summed E-state index contributed by atoms with van der Waals surface area (Å²) in [6.07, 6.45) is 0.992. The number of likely N-dealkylation sites (tertiary alicyclic amines) is 1. The SMILES string of the molecule is CNC1(C(N)=O)CCN(C(=O)c2ccc(C(C)=O)cc2)CC1. The van der Waals surface area contributed by atoms with Gasteiger partial charge in [0.2, 0.25) is 5.91 Å². The number of nitrogens with two attached hydrogens (primary N) is 1. The van der Waals surface area contributed by atoms with Gasteiger partial charge in [-0.2, -0.15) is 0 Å². The summed E-state index contributed by atoms with van der Waals surface area (Å²) in [4.78, 5) is 37.0. The molecule has 1 aromatic rings. The van der Waals surface area contributed by atoms with Crippen LogP contribution in [0.5, 0.6) is 0 Å². The number of carbonyl (C=O) groups is 3. The molecule has 1 heterocycles. The van der Waals surface area contributed by atoms with Gasteiger partial charge < -0.3 is 16.0 Å². The standard InChI is InChI=1S/C16H21N3O3/c1-11(20)12-3-5-13(6-4-12)14(21)19-9-7-16(18-2,8-10-19)15(17)22/h3-6,18H,7-10H2,1-2H3,(H2,17,22). The Bertz CT molecular complexity index is 587. The summed E-state index contributed by atoms with van der Waals surface area (Å²) in [7, 11) is 1.71. The summed E-state index contributed by atoms with van der Waals surface area (Å²) in [5.74, 6) is -0.505. The Morgan fingerprint density at radius 3 is 2.00 bits per heavy atom. The number of nitrogens with one attached hydrogen (secondary N) is 1. The summed E-state index contributed by atoms with van der Waals surface area (Å²) in [5, 5.41) is 2.99. The predicted octanol–water partition coefficient (Wildman–Crippen LogP) is 0.569.